The first-order chi connectivity index (χ1) is 13.3. The summed E-state index contributed by atoms with van der Waals surface area (Å²) in [6.07, 6.45) is 1.69. The van der Waals surface area contributed by atoms with Crippen molar-refractivity contribution in [2.75, 3.05) is 32.1 Å². The van der Waals surface area contributed by atoms with Crippen molar-refractivity contribution in [3.8, 4) is 5.75 Å². The number of rotatable bonds is 8. The molecule has 0 radical (unpaired) electrons. The van der Waals surface area contributed by atoms with Gasteiger partial charge in [-0.25, -0.2) is 0 Å². The van der Waals surface area contributed by atoms with Crippen LogP contribution in [0.5, 0.6) is 5.75 Å². The Bertz CT molecular complexity index is 722. The zero-order chi connectivity index (χ0) is 20.7. The van der Waals surface area contributed by atoms with Crippen LogP contribution >= 0.6 is 0 Å². The van der Waals surface area contributed by atoms with E-state index in [0.29, 0.717) is 24.8 Å². The zero-order valence-corrected chi connectivity index (χ0v) is 16.6. The van der Waals surface area contributed by atoms with E-state index in [1.165, 1.54) is 19.2 Å². The molecule has 1 aromatic carbocycles. The number of methoxy groups -OCH3 is 1. The molecule has 2 rings (SSSR count). The SMILES string of the molecule is COc1ccc(NC(=O)CCN2CCCNC(=O)C2CC(C)C)c([N+](=O)[O-])c1. The highest BCUT2D eigenvalue weighted by molar-refractivity contribution is 5.93. The summed E-state index contributed by atoms with van der Waals surface area (Å²) in [5, 5.41) is 16.8. The van der Waals surface area contributed by atoms with Crippen LogP contribution in [0.4, 0.5) is 11.4 Å². The Hall–Kier alpha value is -2.68. The summed E-state index contributed by atoms with van der Waals surface area (Å²) in [7, 11) is 1.42. The molecular weight excluding hydrogens is 364 g/mol. The number of carbonyl (C=O) groups excluding carboxylic acids is 2. The standard InChI is InChI=1S/C19H28N4O5/c1-13(2)11-17-19(25)20-8-4-9-22(17)10-7-18(24)21-15-6-5-14(28-3)12-16(15)23(26)27/h5-6,12-13,17H,4,7-11H2,1-3H3,(H,20,25)(H,21,24). The Labute approximate surface area is 164 Å². The van der Waals surface area contributed by atoms with Gasteiger partial charge in [0.1, 0.15) is 11.4 Å². The molecule has 1 heterocycles. The van der Waals surface area contributed by atoms with E-state index in [0.717, 1.165) is 19.4 Å². The van der Waals surface area contributed by atoms with E-state index in [1.54, 1.807) is 6.07 Å². The highest BCUT2D eigenvalue weighted by atomic mass is 16.6. The lowest BCUT2D eigenvalue weighted by atomic mass is 10.0. The number of carbonyl (C=O) groups is 2. The van der Waals surface area contributed by atoms with Gasteiger partial charge in [0, 0.05) is 26.1 Å². The fourth-order valence-corrected chi connectivity index (χ4v) is 3.26. The summed E-state index contributed by atoms with van der Waals surface area (Å²) in [4.78, 5) is 37.4. The van der Waals surface area contributed by atoms with Crippen LogP contribution in [0.2, 0.25) is 0 Å². The van der Waals surface area contributed by atoms with Crippen LogP contribution in [0.3, 0.4) is 0 Å². The average molecular weight is 392 g/mol. The largest absolute Gasteiger partial charge is 0.496 e. The van der Waals surface area contributed by atoms with Crippen molar-refractivity contribution in [1.29, 1.82) is 0 Å². The van der Waals surface area contributed by atoms with Gasteiger partial charge >= 0.3 is 0 Å². The van der Waals surface area contributed by atoms with Gasteiger partial charge in [-0.15, -0.1) is 0 Å². The fourth-order valence-electron chi connectivity index (χ4n) is 3.26. The van der Waals surface area contributed by atoms with Gasteiger partial charge in [-0.1, -0.05) is 13.8 Å². The lowest BCUT2D eigenvalue weighted by Gasteiger charge is -2.29. The first-order valence-corrected chi connectivity index (χ1v) is 9.46. The van der Waals surface area contributed by atoms with Crippen molar-refractivity contribution < 1.29 is 19.2 Å². The summed E-state index contributed by atoms with van der Waals surface area (Å²) in [6.45, 7) is 5.90. The van der Waals surface area contributed by atoms with Crippen molar-refractivity contribution in [1.82, 2.24) is 10.2 Å². The minimum atomic E-state index is -0.560. The number of nitrogens with zero attached hydrogens (tertiary/aromatic N) is 2. The molecule has 0 bridgehead atoms. The zero-order valence-electron chi connectivity index (χ0n) is 16.6. The Morgan fingerprint density at radius 3 is 2.86 bits per heavy atom. The second-order valence-electron chi connectivity index (χ2n) is 7.26. The number of hydrogen-bond donors (Lipinski definition) is 2. The lowest BCUT2D eigenvalue weighted by Crippen LogP contribution is -2.45. The third-order valence-corrected chi connectivity index (χ3v) is 4.66. The van der Waals surface area contributed by atoms with Gasteiger partial charge in [0.2, 0.25) is 11.8 Å². The third-order valence-electron chi connectivity index (χ3n) is 4.66. The molecule has 0 spiro atoms. The first-order valence-electron chi connectivity index (χ1n) is 9.46. The van der Waals surface area contributed by atoms with Crippen molar-refractivity contribution in [2.24, 2.45) is 5.92 Å². The van der Waals surface area contributed by atoms with Crippen LogP contribution in [0, 0.1) is 16.0 Å². The van der Waals surface area contributed by atoms with Crippen LogP contribution in [0.25, 0.3) is 0 Å². The molecule has 1 saturated heterocycles. The number of nitro benzene ring substituents is 1. The van der Waals surface area contributed by atoms with Crippen LogP contribution in [-0.4, -0.2) is 54.4 Å². The van der Waals surface area contributed by atoms with Gasteiger partial charge < -0.3 is 15.4 Å². The van der Waals surface area contributed by atoms with Crippen molar-refractivity contribution in [2.45, 2.75) is 39.2 Å². The van der Waals surface area contributed by atoms with Crippen molar-refractivity contribution >= 4 is 23.2 Å². The number of ether oxygens (including phenoxy) is 1. The Balaban J connectivity index is 2.02. The second-order valence-corrected chi connectivity index (χ2v) is 7.26. The summed E-state index contributed by atoms with van der Waals surface area (Å²) in [5.41, 5.74) is -0.0947. The van der Waals surface area contributed by atoms with Gasteiger partial charge in [-0.05, 0) is 30.9 Å². The molecule has 0 aromatic heterocycles. The number of nitro groups is 1. The smallest absolute Gasteiger partial charge is 0.296 e. The lowest BCUT2D eigenvalue weighted by molar-refractivity contribution is -0.384. The molecule has 1 unspecified atom stereocenters. The number of amides is 2. The average Bonchev–Trinajstić information content (AvgIpc) is 2.81. The number of benzene rings is 1. The van der Waals surface area contributed by atoms with Gasteiger partial charge in [0.05, 0.1) is 24.1 Å². The van der Waals surface area contributed by atoms with E-state index in [1.807, 2.05) is 4.90 Å². The molecule has 0 saturated carbocycles. The van der Waals surface area contributed by atoms with E-state index < -0.39 is 4.92 Å². The molecule has 1 aliphatic rings. The number of anilines is 1. The summed E-state index contributed by atoms with van der Waals surface area (Å²) in [6, 6.07) is 4.02. The maximum atomic E-state index is 12.4. The first kappa shape index (κ1) is 21.6. The molecule has 0 aliphatic carbocycles. The van der Waals surface area contributed by atoms with E-state index in [9.17, 15) is 19.7 Å². The predicted octanol–water partition coefficient (Wildman–Crippen LogP) is 2.17. The fraction of sp³-hybridized carbons (Fsp3) is 0.579. The maximum Gasteiger partial charge on any atom is 0.296 e. The molecule has 1 aromatic rings. The minimum Gasteiger partial charge on any atom is -0.496 e. The molecule has 1 fully saturated rings. The molecule has 2 amide bonds. The second kappa shape index (κ2) is 10.0. The van der Waals surface area contributed by atoms with Gasteiger partial charge in [0.15, 0.2) is 0 Å². The maximum absolute atomic E-state index is 12.4. The van der Waals surface area contributed by atoms with Crippen molar-refractivity contribution in [3.63, 3.8) is 0 Å². The Morgan fingerprint density at radius 2 is 2.21 bits per heavy atom. The van der Waals surface area contributed by atoms with Gasteiger partial charge in [-0.3, -0.25) is 24.6 Å². The highest BCUT2D eigenvalue weighted by Gasteiger charge is 2.29. The van der Waals surface area contributed by atoms with Crippen LogP contribution in [-0.2, 0) is 9.59 Å². The monoisotopic (exact) mass is 392 g/mol. The molecule has 1 atom stereocenters. The molecule has 154 valence electrons. The summed E-state index contributed by atoms with van der Waals surface area (Å²) < 4.78 is 5.00. The third kappa shape index (κ3) is 5.91. The van der Waals surface area contributed by atoms with Crippen LogP contribution in [0.15, 0.2) is 18.2 Å². The van der Waals surface area contributed by atoms with E-state index >= 15 is 0 Å². The summed E-state index contributed by atoms with van der Waals surface area (Å²) >= 11 is 0. The van der Waals surface area contributed by atoms with Crippen LogP contribution < -0.4 is 15.4 Å². The Kier molecular flexibility index (Phi) is 7.74. The highest BCUT2D eigenvalue weighted by Crippen LogP contribution is 2.29. The van der Waals surface area contributed by atoms with E-state index in [2.05, 4.69) is 24.5 Å². The summed E-state index contributed by atoms with van der Waals surface area (Å²) in [5.74, 6) is 0.363. The molecule has 9 nitrogen and oxygen atoms in total. The minimum absolute atomic E-state index is 0.00241. The Morgan fingerprint density at radius 1 is 1.46 bits per heavy atom. The molecule has 28 heavy (non-hydrogen) atoms. The molecule has 2 N–H and O–H groups in total. The van der Waals surface area contributed by atoms with Gasteiger partial charge in [-0.2, -0.15) is 0 Å². The quantitative estimate of drug-likeness (QED) is 0.518. The predicted molar refractivity (Wildman–Crippen MR) is 105 cm³/mol. The number of hydrogen-bond acceptors (Lipinski definition) is 6. The van der Waals surface area contributed by atoms with Crippen molar-refractivity contribution in [3.05, 3.63) is 28.3 Å². The van der Waals surface area contributed by atoms with Gasteiger partial charge in [0.25, 0.3) is 5.69 Å². The van der Waals surface area contributed by atoms with Crippen LogP contribution in [0.1, 0.15) is 33.1 Å². The topological polar surface area (TPSA) is 114 Å². The van der Waals surface area contributed by atoms with E-state index in [4.69, 9.17) is 4.74 Å². The molecule has 9 heteroatoms. The van der Waals surface area contributed by atoms with E-state index in [-0.39, 0.29) is 35.7 Å². The normalized spacial score (nSPS) is 17.7. The molecule has 1 aliphatic heterocycles. The number of nitrogens with one attached hydrogen (secondary N) is 2. The molecular formula is C19H28N4O5.